The Morgan fingerprint density at radius 3 is 2.60 bits per heavy atom. The summed E-state index contributed by atoms with van der Waals surface area (Å²) in [5.41, 5.74) is -0.516. The van der Waals surface area contributed by atoms with Gasteiger partial charge in [-0.3, -0.25) is 23.9 Å². The first-order valence-electron chi connectivity index (χ1n) is 7.94. The third-order valence-corrected chi connectivity index (χ3v) is 3.75. The van der Waals surface area contributed by atoms with E-state index in [1.807, 2.05) is 13.8 Å². The number of rotatable bonds is 6. The molecule has 2 aromatic rings. The number of hydrogen-bond acceptors (Lipinski definition) is 5. The van der Waals surface area contributed by atoms with Gasteiger partial charge in [0.25, 0.3) is 11.5 Å². The minimum Gasteiger partial charge on any atom is -0.481 e. The number of pyridine rings is 1. The minimum atomic E-state index is -1.04. The van der Waals surface area contributed by atoms with E-state index in [-0.39, 0.29) is 42.0 Å². The van der Waals surface area contributed by atoms with Gasteiger partial charge in [0.2, 0.25) is 0 Å². The quantitative estimate of drug-likeness (QED) is 0.693. The molecule has 0 aliphatic heterocycles. The summed E-state index contributed by atoms with van der Waals surface area (Å²) in [6.45, 7) is 5.69. The summed E-state index contributed by atoms with van der Waals surface area (Å²) >= 11 is 0. The van der Waals surface area contributed by atoms with Crippen LogP contribution in [0.25, 0.3) is 11.0 Å². The van der Waals surface area contributed by atoms with Gasteiger partial charge in [0, 0.05) is 18.8 Å². The summed E-state index contributed by atoms with van der Waals surface area (Å²) in [5, 5.41) is 11.2. The average Bonchev–Trinajstić information content (AvgIpc) is 2.53. The van der Waals surface area contributed by atoms with Gasteiger partial charge in [-0.2, -0.15) is 0 Å². The SMILES string of the molecule is CCn1c(=O)[nH]c(=O)c2c(C(=O)NCCC(=O)O)cc(C(C)C)nc21. The molecule has 1 amide bonds. The lowest BCUT2D eigenvalue weighted by molar-refractivity contribution is -0.136. The fourth-order valence-corrected chi connectivity index (χ4v) is 2.44. The molecule has 9 nitrogen and oxygen atoms in total. The number of aliphatic carboxylic acids is 1. The van der Waals surface area contributed by atoms with Crippen LogP contribution in [0, 0.1) is 0 Å². The molecule has 0 aromatic carbocycles. The van der Waals surface area contributed by atoms with Crippen LogP contribution in [0.1, 0.15) is 49.2 Å². The normalized spacial score (nSPS) is 11.0. The molecule has 2 aromatic heterocycles. The Labute approximate surface area is 142 Å². The van der Waals surface area contributed by atoms with Gasteiger partial charge in [0.05, 0.1) is 17.4 Å². The summed E-state index contributed by atoms with van der Waals surface area (Å²) in [5.74, 6) is -1.66. The fourth-order valence-electron chi connectivity index (χ4n) is 2.44. The Morgan fingerprint density at radius 2 is 2.04 bits per heavy atom. The second-order valence-corrected chi connectivity index (χ2v) is 5.85. The predicted molar refractivity (Wildman–Crippen MR) is 91.0 cm³/mol. The molecule has 0 bridgehead atoms. The Morgan fingerprint density at radius 1 is 1.36 bits per heavy atom. The highest BCUT2D eigenvalue weighted by molar-refractivity contribution is 6.05. The number of fused-ring (bicyclic) bond motifs is 1. The zero-order valence-electron chi connectivity index (χ0n) is 14.3. The van der Waals surface area contributed by atoms with Crippen LogP contribution in [0.5, 0.6) is 0 Å². The second-order valence-electron chi connectivity index (χ2n) is 5.85. The molecule has 0 radical (unpaired) electrons. The van der Waals surface area contributed by atoms with E-state index in [1.165, 1.54) is 10.6 Å². The lowest BCUT2D eigenvalue weighted by atomic mass is 10.0. The average molecular weight is 348 g/mol. The molecule has 0 saturated carbocycles. The monoisotopic (exact) mass is 348 g/mol. The zero-order valence-corrected chi connectivity index (χ0v) is 14.3. The number of nitrogens with one attached hydrogen (secondary N) is 2. The van der Waals surface area contributed by atoms with E-state index >= 15 is 0 Å². The molecule has 0 spiro atoms. The predicted octanol–water partition coefficient (Wildman–Crippen LogP) is 0.433. The van der Waals surface area contributed by atoms with Crippen LogP contribution in [0.2, 0.25) is 0 Å². The third-order valence-electron chi connectivity index (χ3n) is 3.75. The largest absolute Gasteiger partial charge is 0.481 e. The van der Waals surface area contributed by atoms with Crippen molar-refractivity contribution in [1.29, 1.82) is 0 Å². The van der Waals surface area contributed by atoms with Gasteiger partial charge in [0.15, 0.2) is 5.65 Å². The van der Waals surface area contributed by atoms with Crippen molar-refractivity contribution in [2.75, 3.05) is 6.54 Å². The highest BCUT2D eigenvalue weighted by Gasteiger charge is 2.20. The first-order chi connectivity index (χ1) is 11.8. The molecular weight excluding hydrogens is 328 g/mol. The van der Waals surface area contributed by atoms with Crippen LogP contribution in [0.4, 0.5) is 0 Å². The van der Waals surface area contributed by atoms with Crippen molar-refractivity contribution in [3.8, 4) is 0 Å². The van der Waals surface area contributed by atoms with Crippen molar-refractivity contribution in [2.24, 2.45) is 0 Å². The van der Waals surface area contributed by atoms with Crippen molar-refractivity contribution in [3.05, 3.63) is 38.2 Å². The second kappa shape index (κ2) is 7.29. The van der Waals surface area contributed by atoms with Crippen LogP contribution in [0.15, 0.2) is 15.7 Å². The van der Waals surface area contributed by atoms with Crippen LogP contribution in [-0.2, 0) is 11.3 Å². The molecule has 0 aliphatic carbocycles. The first kappa shape index (κ1) is 18.4. The smallest absolute Gasteiger partial charge is 0.329 e. The van der Waals surface area contributed by atoms with Gasteiger partial charge in [-0.25, -0.2) is 9.78 Å². The Bertz CT molecular complexity index is 942. The standard InChI is InChI=1S/C16H20N4O5/c1-4-20-13-12(15(24)19-16(20)25)9(7-10(18-13)8(2)3)14(23)17-6-5-11(21)22/h7-8H,4-6H2,1-3H3,(H,17,23)(H,21,22)(H,19,24,25). The number of aromatic amines is 1. The highest BCUT2D eigenvalue weighted by Crippen LogP contribution is 2.19. The summed E-state index contributed by atoms with van der Waals surface area (Å²) < 4.78 is 1.29. The van der Waals surface area contributed by atoms with Gasteiger partial charge in [-0.05, 0) is 18.9 Å². The number of carbonyl (C=O) groups excluding carboxylic acids is 1. The van der Waals surface area contributed by atoms with Crippen molar-refractivity contribution >= 4 is 22.9 Å². The van der Waals surface area contributed by atoms with Crippen LogP contribution in [0.3, 0.4) is 0 Å². The lowest BCUT2D eigenvalue weighted by Crippen LogP contribution is -2.33. The molecule has 3 N–H and O–H groups in total. The maximum absolute atomic E-state index is 12.5. The number of aromatic nitrogens is 3. The summed E-state index contributed by atoms with van der Waals surface area (Å²) in [4.78, 5) is 53.9. The van der Waals surface area contributed by atoms with E-state index in [0.717, 1.165) is 0 Å². The van der Waals surface area contributed by atoms with Crippen molar-refractivity contribution in [3.63, 3.8) is 0 Å². The number of aryl methyl sites for hydroxylation is 1. The fraction of sp³-hybridized carbons (Fsp3) is 0.438. The molecule has 2 rings (SSSR count). The summed E-state index contributed by atoms with van der Waals surface area (Å²) in [6, 6.07) is 1.50. The van der Waals surface area contributed by atoms with Gasteiger partial charge >= 0.3 is 11.7 Å². The van der Waals surface area contributed by atoms with E-state index in [0.29, 0.717) is 5.69 Å². The topological polar surface area (TPSA) is 134 Å². The van der Waals surface area contributed by atoms with E-state index in [9.17, 15) is 19.2 Å². The molecule has 2 heterocycles. The first-order valence-corrected chi connectivity index (χ1v) is 7.94. The molecule has 9 heteroatoms. The maximum Gasteiger partial charge on any atom is 0.329 e. The van der Waals surface area contributed by atoms with E-state index < -0.39 is 23.1 Å². The lowest BCUT2D eigenvalue weighted by Gasteiger charge is -2.13. The molecule has 0 atom stereocenters. The van der Waals surface area contributed by atoms with Crippen molar-refractivity contribution in [2.45, 2.75) is 39.7 Å². The summed E-state index contributed by atoms with van der Waals surface area (Å²) in [6.07, 6.45) is -0.234. The maximum atomic E-state index is 12.5. The van der Waals surface area contributed by atoms with Gasteiger partial charge in [-0.15, -0.1) is 0 Å². The Kier molecular flexibility index (Phi) is 5.35. The van der Waals surface area contributed by atoms with Crippen molar-refractivity contribution < 1.29 is 14.7 Å². The molecule has 0 saturated heterocycles. The molecular formula is C16H20N4O5. The number of amides is 1. The Hall–Kier alpha value is -2.97. The van der Waals surface area contributed by atoms with Crippen LogP contribution < -0.4 is 16.6 Å². The summed E-state index contributed by atoms with van der Waals surface area (Å²) in [7, 11) is 0. The number of carboxylic acids is 1. The van der Waals surface area contributed by atoms with Crippen molar-refractivity contribution in [1.82, 2.24) is 19.9 Å². The number of carbonyl (C=O) groups is 2. The van der Waals surface area contributed by atoms with Crippen LogP contribution in [-0.4, -0.2) is 38.1 Å². The number of nitrogens with zero attached hydrogens (tertiary/aromatic N) is 2. The van der Waals surface area contributed by atoms with E-state index in [2.05, 4.69) is 15.3 Å². The highest BCUT2D eigenvalue weighted by atomic mass is 16.4. The van der Waals surface area contributed by atoms with E-state index in [4.69, 9.17) is 5.11 Å². The number of hydrogen-bond donors (Lipinski definition) is 3. The third kappa shape index (κ3) is 3.76. The molecule has 25 heavy (non-hydrogen) atoms. The van der Waals surface area contributed by atoms with Gasteiger partial charge < -0.3 is 10.4 Å². The van der Waals surface area contributed by atoms with Gasteiger partial charge in [0.1, 0.15) is 0 Å². The van der Waals surface area contributed by atoms with Gasteiger partial charge in [-0.1, -0.05) is 13.8 Å². The molecule has 0 fully saturated rings. The number of H-pyrrole nitrogens is 1. The zero-order chi connectivity index (χ0) is 18.7. The van der Waals surface area contributed by atoms with Crippen LogP contribution >= 0.6 is 0 Å². The molecule has 0 aliphatic rings. The molecule has 0 unspecified atom stereocenters. The number of carboxylic acid groups (broad SMARTS) is 1. The van der Waals surface area contributed by atoms with E-state index in [1.54, 1.807) is 6.92 Å². The Balaban J connectivity index is 2.69. The molecule has 134 valence electrons. The minimum absolute atomic E-state index is 0.0127.